The summed E-state index contributed by atoms with van der Waals surface area (Å²) in [6, 6.07) is 7.48. The van der Waals surface area contributed by atoms with Crippen LogP contribution in [0.25, 0.3) is 5.69 Å². The number of hydrogen-bond donors (Lipinski definition) is 1. The quantitative estimate of drug-likeness (QED) is 0.656. The summed E-state index contributed by atoms with van der Waals surface area (Å²) in [5.74, 6) is -0.0365. The molecule has 2 aromatic rings. The molecule has 0 aliphatic heterocycles. The molecule has 0 aliphatic rings. The molecule has 1 N–H and O–H groups in total. The van der Waals surface area contributed by atoms with Crippen LogP contribution in [0.3, 0.4) is 0 Å². The fourth-order valence-electron chi connectivity index (χ4n) is 1.70. The van der Waals surface area contributed by atoms with Gasteiger partial charge >= 0.3 is 0 Å². The van der Waals surface area contributed by atoms with Crippen molar-refractivity contribution in [3.63, 3.8) is 0 Å². The van der Waals surface area contributed by atoms with Gasteiger partial charge in [0, 0.05) is 29.6 Å². The van der Waals surface area contributed by atoms with E-state index in [-0.39, 0.29) is 11.2 Å². The van der Waals surface area contributed by atoms with E-state index in [4.69, 9.17) is 11.6 Å². The van der Waals surface area contributed by atoms with Gasteiger partial charge in [0.2, 0.25) is 5.91 Å². The van der Waals surface area contributed by atoms with E-state index in [1.54, 1.807) is 12.3 Å². The van der Waals surface area contributed by atoms with Crippen molar-refractivity contribution >= 4 is 29.3 Å². The molecule has 0 saturated carbocycles. The lowest BCUT2D eigenvalue weighted by Crippen LogP contribution is -2.31. The lowest BCUT2D eigenvalue weighted by molar-refractivity contribution is -0.120. The van der Waals surface area contributed by atoms with Gasteiger partial charge in [-0.2, -0.15) is 0 Å². The number of thioether (sulfide) groups is 1. The molecule has 0 spiro atoms. The molecule has 1 aromatic carbocycles. The average Bonchev–Trinajstić information content (AvgIpc) is 2.93. The van der Waals surface area contributed by atoms with E-state index in [0.717, 1.165) is 10.8 Å². The van der Waals surface area contributed by atoms with Crippen molar-refractivity contribution in [2.45, 2.75) is 17.3 Å². The van der Waals surface area contributed by atoms with Crippen LogP contribution in [0.5, 0.6) is 0 Å². The smallest absolute Gasteiger partial charge is 0.233 e. The highest BCUT2D eigenvalue weighted by atomic mass is 35.5. The summed E-state index contributed by atoms with van der Waals surface area (Å²) in [7, 11) is 0. The van der Waals surface area contributed by atoms with Crippen LogP contribution in [0, 0.1) is 0 Å². The number of imidazole rings is 1. The van der Waals surface area contributed by atoms with E-state index in [1.807, 2.05) is 42.0 Å². The summed E-state index contributed by atoms with van der Waals surface area (Å²) in [4.78, 5) is 16.2. The van der Waals surface area contributed by atoms with Crippen LogP contribution < -0.4 is 5.32 Å². The van der Waals surface area contributed by atoms with Crippen LogP contribution in [0.1, 0.15) is 6.92 Å². The van der Waals surface area contributed by atoms with Crippen LogP contribution in [-0.4, -0.2) is 27.3 Å². The van der Waals surface area contributed by atoms with Crippen LogP contribution in [0.4, 0.5) is 0 Å². The third-order valence-electron chi connectivity index (χ3n) is 2.78. The van der Waals surface area contributed by atoms with Crippen molar-refractivity contribution in [2.75, 3.05) is 6.54 Å². The fraction of sp³-hybridized carbons (Fsp3) is 0.200. The van der Waals surface area contributed by atoms with Crippen molar-refractivity contribution in [2.24, 2.45) is 0 Å². The van der Waals surface area contributed by atoms with E-state index in [9.17, 15) is 4.79 Å². The number of halogens is 1. The minimum Gasteiger partial charge on any atom is -0.352 e. The standard InChI is InChI=1S/C15H16ClN3OS/c1-3-8-17-14(20)11(2)21-15-18-9-10-19(15)13-6-4-12(16)5-7-13/h3-7,9-11H,1,8H2,2H3,(H,17,20)/t11-/m0/s1. The third-order valence-corrected chi connectivity index (χ3v) is 4.12. The van der Waals surface area contributed by atoms with E-state index in [1.165, 1.54) is 11.8 Å². The van der Waals surface area contributed by atoms with Crippen molar-refractivity contribution in [3.05, 3.63) is 54.3 Å². The molecule has 0 unspecified atom stereocenters. The molecule has 0 fully saturated rings. The number of carbonyl (C=O) groups excluding carboxylic acids is 1. The van der Waals surface area contributed by atoms with Gasteiger partial charge in [-0.3, -0.25) is 9.36 Å². The Balaban J connectivity index is 2.11. The Bertz CT molecular complexity index is 624. The van der Waals surface area contributed by atoms with E-state index in [2.05, 4.69) is 16.9 Å². The van der Waals surface area contributed by atoms with E-state index < -0.39 is 0 Å². The molecule has 1 atom stereocenters. The Morgan fingerprint density at radius 1 is 1.52 bits per heavy atom. The van der Waals surface area contributed by atoms with Crippen LogP contribution in [0.2, 0.25) is 5.02 Å². The number of aromatic nitrogens is 2. The van der Waals surface area contributed by atoms with Gasteiger partial charge in [-0.15, -0.1) is 6.58 Å². The molecule has 110 valence electrons. The van der Waals surface area contributed by atoms with E-state index in [0.29, 0.717) is 11.6 Å². The number of nitrogens with zero attached hydrogens (tertiary/aromatic N) is 2. The Kier molecular flexibility index (Phi) is 5.47. The molecule has 6 heteroatoms. The zero-order valence-electron chi connectivity index (χ0n) is 11.6. The summed E-state index contributed by atoms with van der Waals surface area (Å²) in [5.41, 5.74) is 0.957. The van der Waals surface area contributed by atoms with Gasteiger partial charge in [0.05, 0.1) is 5.25 Å². The van der Waals surface area contributed by atoms with E-state index >= 15 is 0 Å². The Labute approximate surface area is 133 Å². The van der Waals surface area contributed by atoms with Gasteiger partial charge in [-0.05, 0) is 31.2 Å². The van der Waals surface area contributed by atoms with Crippen LogP contribution in [0.15, 0.2) is 54.5 Å². The SMILES string of the molecule is C=CCNC(=O)[C@H](C)Sc1nccn1-c1ccc(Cl)cc1. The zero-order chi connectivity index (χ0) is 15.2. The molecule has 0 aliphatic carbocycles. The molecule has 1 heterocycles. The van der Waals surface area contributed by atoms with Crippen molar-refractivity contribution in [1.82, 2.24) is 14.9 Å². The highest BCUT2D eigenvalue weighted by Crippen LogP contribution is 2.25. The largest absolute Gasteiger partial charge is 0.352 e. The van der Waals surface area contributed by atoms with Gasteiger partial charge in [-0.1, -0.05) is 29.4 Å². The number of benzene rings is 1. The number of hydrogen-bond acceptors (Lipinski definition) is 3. The average molecular weight is 322 g/mol. The van der Waals surface area contributed by atoms with Gasteiger partial charge in [0.1, 0.15) is 0 Å². The molecule has 0 radical (unpaired) electrons. The van der Waals surface area contributed by atoms with Gasteiger partial charge in [0.15, 0.2) is 5.16 Å². The van der Waals surface area contributed by atoms with Crippen LogP contribution >= 0.6 is 23.4 Å². The summed E-state index contributed by atoms with van der Waals surface area (Å²) >= 11 is 7.30. The van der Waals surface area contributed by atoms with Crippen LogP contribution in [-0.2, 0) is 4.79 Å². The fourth-order valence-corrected chi connectivity index (χ4v) is 2.74. The second-order valence-electron chi connectivity index (χ2n) is 4.35. The molecule has 21 heavy (non-hydrogen) atoms. The second-order valence-corrected chi connectivity index (χ2v) is 6.09. The first-order valence-electron chi connectivity index (χ1n) is 6.46. The van der Waals surface area contributed by atoms with Gasteiger partial charge in [-0.25, -0.2) is 4.98 Å². The monoisotopic (exact) mass is 321 g/mol. The lowest BCUT2D eigenvalue weighted by atomic mass is 10.3. The summed E-state index contributed by atoms with van der Waals surface area (Å²) in [5, 5.41) is 3.99. The Morgan fingerprint density at radius 2 is 2.24 bits per heavy atom. The summed E-state index contributed by atoms with van der Waals surface area (Å²) < 4.78 is 1.93. The van der Waals surface area contributed by atoms with Crippen molar-refractivity contribution in [1.29, 1.82) is 0 Å². The first-order chi connectivity index (χ1) is 10.1. The predicted octanol–water partition coefficient (Wildman–Crippen LogP) is 3.31. The summed E-state index contributed by atoms with van der Waals surface area (Å²) in [6.45, 7) is 5.90. The topological polar surface area (TPSA) is 46.9 Å². The predicted molar refractivity (Wildman–Crippen MR) is 87.1 cm³/mol. The molecule has 0 saturated heterocycles. The second kappa shape index (κ2) is 7.33. The number of nitrogens with one attached hydrogen (secondary N) is 1. The van der Waals surface area contributed by atoms with Crippen molar-refractivity contribution < 1.29 is 4.79 Å². The number of amides is 1. The first kappa shape index (κ1) is 15.7. The zero-order valence-corrected chi connectivity index (χ0v) is 13.2. The van der Waals surface area contributed by atoms with Gasteiger partial charge < -0.3 is 5.32 Å². The minimum absolute atomic E-state index is 0.0365. The minimum atomic E-state index is -0.238. The molecule has 1 amide bonds. The highest BCUT2D eigenvalue weighted by Gasteiger charge is 2.17. The highest BCUT2D eigenvalue weighted by molar-refractivity contribution is 8.00. The Hall–Kier alpha value is -1.72. The molecular weight excluding hydrogens is 306 g/mol. The normalized spacial score (nSPS) is 11.9. The Morgan fingerprint density at radius 3 is 2.90 bits per heavy atom. The first-order valence-corrected chi connectivity index (χ1v) is 7.72. The lowest BCUT2D eigenvalue weighted by Gasteiger charge is -2.12. The molecule has 4 nitrogen and oxygen atoms in total. The number of carbonyl (C=O) groups is 1. The molecule has 1 aromatic heterocycles. The maximum atomic E-state index is 11.9. The summed E-state index contributed by atoms with van der Waals surface area (Å²) in [6.07, 6.45) is 5.23. The molecule has 0 bridgehead atoms. The maximum Gasteiger partial charge on any atom is 0.233 e. The molecule has 2 rings (SSSR count). The number of rotatable bonds is 6. The molecular formula is C15H16ClN3OS. The maximum absolute atomic E-state index is 11.9. The third kappa shape index (κ3) is 4.12. The van der Waals surface area contributed by atoms with Crippen molar-refractivity contribution in [3.8, 4) is 5.69 Å². The van der Waals surface area contributed by atoms with Gasteiger partial charge in [0.25, 0.3) is 0 Å².